The van der Waals surface area contributed by atoms with Gasteiger partial charge in [-0.25, -0.2) is 0 Å². The molecule has 98 valence electrons. The molecule has 0 spiro atoms. The van der Waals surface area contributed by atoms with Crippen molar-refractivity contribution in [3.8, 4) is 6.07 Å². The molecule has 0 aromatic heterocycles. The fraction of sp³-hybridized carbons (Fsp3) is 0.462. The molecule has 1 aromatic rings. The van der Waals surface area contributed by atoms with Crippen molar-refractivity contribution < 1.29 is 13.2 Å². The fourth-order valence-electron chi connectivity index (χ4n) is 1.68. The van der Waals surface area contributed by atoms with Crippen LogP contribution in [-0.2, 0) is 12.7 Å². The Morgan fingerprint density at radius 1 is 1.33 bits per heavy atom. The van der Waals surface area contributed by atoms with E-state index in [0.717, 1.165) is 6.07 Å². The van der Waals surface area contributed by atoms with Crippen molar-refractivity contribution in [3.05, 3.63) is 35.4 Å². The van der Waals surface area contributed by atoms with Gasteiger partial charge in [0.2, 0.25) is 0 Å². The monoisotopic (exact) mass is 256 g/mol. The first-order valence-corrected chi connectivity index (χ1v) is 5.74. The van der Waals surface area contributed by atoms with E-state index in [2.05, 4.69) is 5.32 Å². The Morgan fingerprint density at radius 3 is 2.56 bits per heavy atom. The molecule has 0 heterocycles. The lowest BCUT2D eigenvalue weighted by Crippen LogP contribution is -2.28. The van der Waals surface area contributed by atoms with E-state index in [9.17, 15) is 13.2 Å². The average Bonchev–Trinajstić information content (AvgIpc) is 2.33. The molecule has 0 bridgehead atoms. The molecule has 1 N–H and O–H groups in total. The van der Waals surface area contributed by atoms with Gasteiger partial charge < -0.3 is 5.32 Å². The van der Waals surface area contributed by atoms with Crippen molar-refractivity contribution >= 4 is 0 Å². The molecule has 18 heavy (non-hydrogen) atoms. The molecular formula is C13H15F3N2. The second kappa shape index (κ2) is 6.41. The molecule has 2 nitrogen and oxygen atoms in total. The summed E-state index contributed by atoms with van der Waals surface area (Å²) in [6, 6.07) is 7.42. The Bertz CT molecular complexity index is 421. The summed E-state index contributed by atoms with van der Waals surface area (Å²) in [7, 11) is 0. The van der Waals surface area contributed by atoms with Crippen LogP contribution in [0.4, 0.5) is 13.2 Å². The van der Waals surface area contributed by atoms with E-state index in [1.54, 1.807) is 6.07 Å². The topological polar surface area (TPSA) is 35.8 Å². The van der Waals surface area contributed by atoms with Crippen molar-refractivity contribution in [2.75, 3.05) is 0 Å². The molecule has 5 heteroatoms. The highest BCUT2D eigenvalue weighted by molar-refractivity contribution is 5.29. The summed E-state index contributed by atoms with van der Waals surface area (Å²) in [5.41, 5.74) is -0.411. The van der Waals surface area contributed by atoms with Gasteiger partial charge >= 0.3 is 6.18 Å². The zero-order valence-corrected chi connectivity index (χ0v) is 10.1. The number of hydrogen-bond donors (Lipinski definition) is 1. The molecule has 1 aromatic carbocycles. The lowest BCUT2D eigenvalue weighted by Gasteiger charge is -2.17. The van der Waals surface area contributed by atoms with Gasteiger partial charge in [0, 0.05) is 12.6 Å². The molecule has 0 saturated heterocycles. The molecule has 0 radical (unpaired) electrons. The molecule has 1 unspecified atom stereocenters. The third-order valence-corrected chi connectivity index (χ3v) is 2.73. The number of alkyl halides is 3. The molecule has 0 aliphatic carbocycles. The minimum absolute atomic E-state index is 0.0729. The van der Waals surface area contributed by atoms with Crippen LogP contribution in [0.25, 0.3) is 0 Å². The van der Waals surface area contributed by atoms with E-state index in [1.165, 1.54) is 12.1 Å². The van der Waals surface area contributed by atoms with Crippen LogP contribution >= 0.6 is 0 Å². The Kier molecular flexibility index (Phi) is 5.17. The standard InChI is InChI=1S/C13H15F3N2/c1-2-11(7-8-17)18-9-10-5-3-4-6-12(10)13(14,15)16/h3-6,11,18H,2,7,9H2,1H3. The summed E-state index contributed by atoms with van der Waals surface area (Å²) in [5, 5.41) is 11.6. The van der Waals surface area contributed by atoms with Crippen LogP contribution in [0, 0.1) is 11.3 Å². The van der Waals surface area contributed by atoms with Gasteiger partial charge in [-0.15, -0.1) is 0 Å². The van der Waals surface area contributed by atoms with E-state index in [-0.39, 0.29) is 18.2 Å². The smallest absolute Gasteiger partial charge is 0.309 e. The van der Waals surface area contributed by atoms with Gasteiger partial charge in [0.05, 0.1) is 18.1 Å². The third-order valence-electron chi connectivity index (χ3n) is 2.73. The van der Waals surface area contributed by atoms with Crippen LogP contribution in [-0.4, -0.2) is 6.04 Å². The SMILES string of the molecule is CCC(CC#N)NCc1ccccc1C(F)(F)F. The predicted molar refractivity (Wildman–Crippen MR) is 62.6 cm³/mol. The summed E-state index contributed by atoms with van der Waals surface area (Å²) in [6.45, 7) is 2.01. The first-order chi connectivity index (χ1) is 8.49. The largest absolute Gasteiger partial charge is 0.416 e. The maximum Gasteiger partial charge on any atom is 0.416 e. The van der Waals surface area contributed by atoms with Crippen molar-refractivity contribution in [1.29, 1.82) is 5.26 Å². The van der Waals surface area contributed by atoms with Gasteiger partial charge in [-0.05, 0) is 18.1 Å². The first-order valence-electron chi connectivity index (χ1n) is 5.74. The molecule has 1 atom stereocenters. The van der Waals surface area contributed by atoms with Gasteiger partial charge in [0.25, 0.3) is 0 Å². The minimum Gasteiger partial charge on any atom is -0.309 e. The van der Waals surface area contributed by atoms with Gasteiger partial charge in [-0.2, -0.15) is 18.4 Å². The van der Waals surface area contributed by atoms with Crippen LogP contribution in [0.3, 0.4) is 0 Å². The van der Waals surface area contributed by atoms with Gasteiger partial charge in [-0.1, -0.05) is 25.1 Å². The first kappa shape index (κ1) is 14.5. The average molecular weight is 256 g/mol. The maximum absolute atomic E-state index is 12.7. The minimum atomic E-state index is -4.34. The quantitative estimate of drug-likeness (QED) is 0.875. The van der Waals surface area contributed by atoms with E-state index >= 15 is 0 Å². The number of halogens is 3. The number of nitrogens with zero attached hydrogens (tertiary/aromatic N) is 1. The summed E-state index contributed by atoms with van der Waals surface area (Å²) < 4.78 is 38.2. The highest BCUT2D eigenvalue weighted by atomic mass is 19.4. The van der Waals surface area contributed by atoms with Gasteiger partial charge in [0.15, 0.2) is 0 Å². The van der Waals surface area contributed by atoms with E-state index < -0.39 is 11.7 Å². The van der Waals surface area contributed by atoms with Crippen molar-refractivity contribution in [1.82, 2.24) is 5.32 Å². The van der Waals surface area contributed by atoms with Crippen molar-refractivity contribution in [3.63, 3.8) is 0 Å². The lowest BCUT2D eigenvalue weighted by molar-refractivity contribution is -0.138. The summed E-state index contributed by atoms with van der Waals surface area (Å²) >= 11 is 0. The Hall–Kier alpha value is -1.54. The van der Waals surface area contributed by atoms with Crippen LogP contribution in [0.1, 0.15) is 30.9 Å². The van der Waals surface area contributed by atoms with Gasteiger partial charge in [0.1, 0.15) is 0 Å². The van der Waals surface area contributed by atoms with Crippen LogP contribution in [0.5, 0.6) is 0 Å². The highest BCUT2D eigenvalue weighted by Gasteiger charge is 2.32. The second-order valence-corrected chi connectivity index (χ2v) is 4.00. The predicted octanol–water partition coefficient (Wildman–Crippen LogP) is 3.49. The van der Waals surface area contributed by atoms with E-state index in [0.29, 0.717) is 12.8 Å². The maximum atomic E-state index is 12.7. The Labute approximate surface area is 104 Å². The van der Waals surface area contributed by atoms with Crippen LogP contribution in [0.2, 0.25) is 0 Å². The van der Waals surface area contributed by atoms with Crippen molar-refractivity contribution in [2.45, 2.75) is 38.5 Å². The van der Waals surface area contributed by atoms with Crippen LogP contribution < -0.4 is 5.32 Å². The zero-order chi connectivity index (χ0) is 13.6. The molecule has 0 amide bonds. The summed E-state index contributed by atoms with van der Waals surface area (Å²) in [4.78, 5) is 0. The number of rotatable bonds is 5. The Balaban J connectivity index is 2.76. The number of nitrogens with one attached hydrogen (secondary N) is 1. The third kappa shape index (κ3) is 4.04. The second-order valence-electron chi connectivity index (χ2n) is 4.00. The Morgan fingerprint density at radius 2 is 2.00 bits per heavy atom. The molecule has 0 aliphatic rings. The normalized spacial score (nSPS) is 13.1. The van der Waals surface area contributed by atoms with E-state index in [4.69, 9.17) is 5.26 Å². The molecule has 0 fully saturated rings. The number of benzene rings is 1. The molecule has 0 saturated carbocycles. The zero-order valence-electron chi connectivity index (χ0n) is 10.1. The number of nitriles is 1. The summed E-state index contributed by atoms with van der Waals surface area (Å²) in [5.74, 6) is 0. The van der Waals surface area contributed by atoms with E-state index in [1.807, 2.05) is 13.0 Å². The highest BCUT2D eigenvalue weighted by Crippen LogP contribution is 2.31. The fourth-order valence-corrected chi connectivity index (χ4v) is 1.68. The van der Waals surface area contributed by atoms with Gasteiger partial charge in [-0.3, -0.25) is 0 Å². The molecule has 1 rings (SSSR count). The summed E-state index contributed by atoms with van der Waals surface area (Å²) in [6.07, 6.45) is -3.33. The lowest BCUT2D eigenvalue weighted by atomic mass is 10.1. The van der Waals surface area contributed by atoms with Crippen molar-refractivity contribution in [2.24, 2.45) is 0 Å². The molecular weight excluding hydrogens is 241 g/mol. The van der Waals surface area contributed by atoms with Crippen LogP contribution in [0.15, 0.2) is 24.3 Å². The molecule has 0 aliphatic heterocycles. The number of hydrogen-bond acceptors (Lipinski definition) is 2.